The molecular weight excluding hydrogens is 230 g/mol. The van der Waals surface area contributed by atoms with Gasteiger partial charge in [0.2, 0.25) is 0 Å². The third-order valence-electron chi connectivity index (χ3n) is 2.28. The Morgan fingerprint density at radius 3 is 2.78 bits per heavy atom. The molecule has 0 aliphatic carbocycles. The van der Waals surface area contributed by atoms with Crippen LogP contribution >= 0.6 is 0 Å². The van der Waals surface area contributed by atoms with E-state index in [9.17, 15) is 4.79 Å². The molecule has 3 N–H and O–H groups in total. The zero-order chi connectivity index (χ0) is 12.8. The molecule has 0 saturated heterocycles. The second-order valence-corrected chi connectivity index (χ2v) is 3.60. The molecule has 0 radical (unpaired) electrons. The molecule has 1 aromatic carbocycles. The molecule has 6 nitrogen and oxygen atoms in total. The number of carbonyl (C=O) groups is 1. The molecule has 2 aromatic rings. The maximum atomic E-state index is 11.5. The quantitative estimate of drug-likeness (QED) is 0.761. The fraction of sp³-hybridized carbons (Fsp3) is 0.0833. The minimum Gasteiger partial charge on any atom is -0.334 e. The maximum Gasteiger partial charge on any atom is 0.319 e. The first-order chi connectivity index (χ1) is 8.78. The number of H-pyrrole nitrogens is 1. The number of carbonyl (C=O) groups excluding carboxylic acids is 1. The summed E-state index contributed by atoms with van der Waals surface area (Å²) in [5.41, 5.74) is 2.09. The molecule has 1 heterocycles. The Kier molecular flexibility index (Phi) is 3.56. The van der Waals surface area contributed by atoms with Crippen LogP contribution in [0.25, 0.3) is 0 Å². The van der Waals surface area contributed by atoms with Gasteiger partial charge in [-0.15, -0.1) is 0 Å². The van der Waals surface area contributed by atoms with Gasteiger partial charge in [-0.3, -0.25) is 5.10 Å². The van der Waals surface area contributed by atoms with Crippen molar-refractivity contribution >= 4 is 11.7 Å². The number of rotatable bonds is 3. The van der Waals surface area contributed by atoms with E-state index < -0.39 is 0 Å². The molecule has 0 fully saturated rings. The third-order valence-corrected chi connectivity index (χ3v) is 2.28. The van der Waals surface area contributed by atoms with Gasteiger partial charge < -0.3 is 10.6 Å². The van der Waals surface area contributed by atoms with Crippen LogP contribution in [-0.2, 0) is 6.54 Å². The second kappa shape index (κ2) is 5.50. The molecule has 0 saturated carbocycles. The van der Waals surface area contributed by atoms with E-state index in [1.54, 1.807) is 36.7 Å². The Balaban J connectivity index is 1.85. The lowest BCUT2D eigenvalue weighted by molar-refractivity contribution is 0.251. The summed E-state index contributed by atoms with van der Waals surface area (Å²) in [5, 5.41) is 20.4. The number of aromatic amines is 1. The lowest BCUT2D eigenvalue weighted by Crippen LogP contribution is -2.27. The van der Waals surface area contributed by atoms with Crippen LogP contribution in [0.15, 0.2) is 36.7 Å². The van der Waals surface area contributed by atoms with Crippen molar-refractivity contribution in [3.8, 4) is 6.07 Å². The van der Waals surface area contributed by atoms with Crippen molar-refractivity contribution < 1.29 is 4.79 Å². The first-order valence-corrected chi connectivity index (χ1v) is 5.30. The SMILES string of the molecule is N#Cc1ccc(NC(=O)NCc2cn[nH]c2)cc1. The largest absolute Gasteiger partial charge is 0.334 e. The van der Waals surface area contributed by atoms with Crippen molar-refractivity contribution in [2.24, 2.45) is 0 Å². The summed E-state index contributed by atoms with van der Waals surface area (Å²) in [6.07, 6.45) is 3.35. The Hall–Kier alpha value is -2.81. The zero-order valence-electron chi connectivity index (χ0n) is 9.47. The number of nitriles is 1. The Morgan fingerprint density at radius 2 is 2.17 bits per heavy atom. The molecule has 2 rings (SSSR count). The topological polar surface area (TPSA) is 93.6 Å². The van der Waals surface area contributed by atoms with Crippen LogP contribution in [0.5, 0.6) is 0 Å². The Labute approximate surface area is 104 Å². The summed E-state index contributed by atoms with van der Waals surface area (Å²) in [5.74, 6) is 0. The van der Waals surface area contributed by atoms with E-state index in [2.05, 4.69) is 20.8 Å². The van der Waals surface area contributed by atoms with E-state index in [-0.39, 0.29) is 6.03 Å². The fourth-order valence-corrected chi connectivity index (χ4v) is 1.36. The summed E-state index contributed by atoms with van der Waals surface area (Å²) < 4.78 is 0. The van der Waals surface area contributed by atoms with Gasteiger partial charge in [-0.1, -0.05) is 0 Å². The Morgan fingerprint density at radius 1 is 1.39 bits per heavy atom. The summed E-state index contributed by atoms with van der Waals surface area (Å²) in [7, 11) is 0. The molecule has 0 aliphatic heterocycles. The minimum absolute atomic E-state index is 0.305. The van der Waals surface area contributed by atoms with Gasteiger partial charge in [0, 0.05) is 24.0 Å². The van der Waals surface area contributed by atoms with Crippen molar-refractivity contribution in [2.45, 2.75) is 6.54 Å². The summed E-state index contributed by atoms with van der Waals surface area (Å²) in [6.45, 7) is 0.401. The van der Waals surface area contributed by atoms with Crippen LogP contribution in [0.2, 0.25) is 0 Å². The number of nitrogens with one attached hydrogen (secondary N) is 3. The van der Waals surface area contributed by atoms with E-state index in [0.717, 1.165) is 5.56 Å². The highest BCUT2D eigenvalue weighted by molar-refractivity contribution is 5.89. The monoisotopic (exact) mass is 241 g/mol. The first-order valence-electron chi connectivity index (χ1n) is 5.30. The van der Waals surface area contributed by atoms with Gasteiger partial charge in [-0.25, -0.2) is 4.79 Å². The molecule has 0 unspecified atom stereocenters. The second-order valence-electron chi connectivity index (χ2n) is 3.60. The van der Waals surface area contributed by atoms with Crippen LogP contribution in [0, 0.1) is 11.3 Å². The maximum absolute atomic E-state index is 11.5. The highest BCUT2D eigenvalue weighted by atomic mass is 16.2. The highest BCUT2D eigenvalue weighted by Gasteiger charge is 2.02. The average Bonchev–Trinajstić information content (AvgIpc) is 2.90. The van der Waals surface area contributed by atoms with Crippen LogP contribution in [0.1, 0.15) is 11.1 Å². The molecular formula is C12H11N5O. The van der Waals surface area contributed by atoms with Crippen molar-refractivity contribution in [1.82, 2.24) is 15.5 Å². The standard InChI is InChI=1S/C12H11N5O/c13-5-9-1-3-11(4-2-9)17-12(18)14-6-10-7-15-16-8-10/h1-4,7-8H,6H2,(H,15,16)(H2,14,17,18). The number of benzene rings is 1. The predicted molar refractivity (Wildman–Crippen MR) is 65.6 cm³/mol. The summed E-state index contributed by atoms with van der Waals surface area (Å²) >= 11 is 0. The van der Waals surface area contributed by atoms with Gasteiger partial charge in [0.25, 0.3) is 0 Å². The van der Waals surface area contributed by atoms with Gasteiger partial charge in [-0.2, -0.15) is 10.4 Å². The van der Waals surface area contributed by atoms with E-state index in [4.69, 9.17) is 5.26 Å². The van der Waals surface area contributed by atoms with Crippen LogP contribution in [0.4, 0.5) is 10.5 Å². The van der Waals surface area contributed by atoms with Crippen LogP contribution < -0.4 is 10.6 Å². The number of anilines is 1. The number of hydrogen-bond donors (Lipinski definition) is 3. The zero-order valence-corrected chi connectivity index (χ0v) is 9.47. The molecule has 0 atom stereocenters. The van der Waals surface area contributed by atoms with E-state index in [1.165, 1.54) is 0 Å². The molecule has 0 bridgehead atoms. The van der Waals surface area contributed by atoms with Crippen molar-refractivity contribution in [3.05, 3.63) is 47.8 Å². The molecule has 2 amide bonds. The smallest absolute Gasteiger partial charge is 0.319 e. The third kappa shape index (κ3) is 3.09. The Bertz CT molecular complexity index is 553. The highest BCUT2D eigenvalue weighted by Crippen LogP contribution is 2.08. The van der Waals surface area contributed by atoms with Crippen molar-refractivity contribution in [1.29, 1.82) is 5.26 Å². The molecule has 18 heavy (non-hydrogen) atoms. The number of amides is 2. The lowest BCUT2D eigenvalue weighted by atomic mass is 10.2. The van der Waals surface area contributed by atoms with E-state index >= 15 is 0 Å². The van der Waals surface area contributed by atoms with Gasteiger partial charge in [0.05, 0.1) is 17.8 Å². The number of nitrogens with zero attached hydrogens (tertiary/aromatic N) is 2. The molecule has 6 heteroatoms. The van der Waals surface area contributed by atoms with Gasteiger partial charge in [-0.05, 0) is 24.3 Å². The van der Waals surface area contributed by atoms with Gasteiger partial charge >= 0.3 is 6.03 Å². The van der Waals surface area contributed by atoms with Crippen LogP contribution in [0.3, 0.4) is 0 Å². The lowest BCUT2D eigenvalue weighted by Gasteiger charge is -2.06. The van der Waals surface area contributed by atoms with Gasteiger partial charge in [0.15, 0.2) is 0 Å². The first kappa shape index (κ1) is 11.7. The van der Waals surface area contributed by atoms with Crippen molar-refractivity contribution in [3.63, 3.8) is 0 Å². The summed E-state index contributed by atoms with van der Waals surface area (Å²) in [6, 6.07) is 8.35. The molecule has 90 valence electrons. The number of urea groups is 1. The average molecular weight is 241 g/mol. The minimum atomic E-state index is -0.305. The molecule has 0 aliphatic rings. The van der Waals surface area contributed by atoms with E-state index in [0.29, 0.717) is 17.8 Å². The number of hydrogen-bond acceptors (Lipinski definition) is 3. The fourth-order valence-electron chi connectivity index (χ4n) is 1.36. The predicted octanol–water partition coefficient (Wildman–Crippen LogP) is 1.60. The van der Waals surface area contributed by atoms with E-state index in [1.807, 2.05) is 6.07 Å². The van der Waals surface area contributed by atoms with Crippen LogP contribution in [-0.4, -0.2) is 16.2 Å². The molecule has 0 spiro atoms. The van der Waals surface area contributed by atoms with Gasteiger partial charge in [0.1, 0.15) is 0 Å². The normalized spacial score (nSPS) is 9.50. The number of aromatic nitrogens is 2. The summed E-state index contributed by atoms with van der Waals surface area (Å²) in [4.78, 5) is 11.5. The van der Waals surface area contributed by atoms with Crippen molar-refractivity contribution in [2.75, 3.05) is 5.32 Å². The molecule has 1 aromatic heterocycles.